The summed E-state index contributed by atoms with van der Waals surface area (Å²) in [5, 5.41) is 0. The van der Waals surface area contributed by atoms with Gasteiger partial charge in [-0.15, -0.1) is 0 Å². The Labute approximate surface area is 112 Å². The Morgan fingerprint density at radius 3 is 2.63 bits per heavy atom. The van der Waals surface area contributed by atoms with Gasteiger partial charge in [0.15, 0.2) is 5.75 Å². The quantitative estimate of drug-likeness (QED) is 0.914. The standard InChI is InChI=1S/C14H17N3O2/c1-4-11-12(7-5-9(2)16-11)19-13-8-6-10(15)14(17-13)18-3/h5-8H,4,15H2,1-3H3. The first-order chi connectivity index (χ1) is 9.13. The maximum atomic E-state index is 5.74. The second-order valence-corrected chi connectivity index (χ2v) is 4.10. The van der Waals surface area contributed by atoms with E-state index in [1.165, 1.54) is 7.11 Å². The van der Waals surface area contributed by atoms with Crippen molar-refractivity contribution in [3.8, 4) is 17.5 Å². The number of rotatable bonds is 4. The fourth-order valence-corrected chi connectivity index (χ4v) is 1.71. The van der Waals surface area contributed by atoms with Crippen LogP contribution in [0.25, 0.3) is 0 Å². The number of aryl methyl sites for hydroxylation is 2. The van der Waals surface area contributed by atoms with E-state index in [-0.39, 0.29) is 0 Å². The molecule has 0 amide bonds. The Morgan fingerprint density at radius 2 is 1.95 bits per heavy atom. The molecule has 0 spiro atoms. The molecule has 0 radical (unpaired) electrons. The Balaban J connectivity index is 2.30. The molecule has 0 aliphatic carbocycles. The predicted octanol–water partition coefficient (Wildman–Crippen LogP) is 2.73. The lowest BCUT2D eigenvalue weighted by molar-refractivity contribution is 0.384. The highest BCUT2D eigenvalue weighted by Gasteiger charge is 2.08. The van der Waals surface area contributed by atoms with Crippen LogP contribution >= 0.6 is 0 Å². The number of pyridine rings is 2. The molecule has 0 saturated carbocycles. The number of nitrogen functional groups attached to an aromatic ring is 1. The molecule has 0 saturated heterocycles. The third kappa shape index (κ3) is 2.93. The number of hydrogen-bond acceptors (Lipinski definition) is 5. The van der Waals surface area contributed by atoms with E-state index >= 15 is 0 Å². The Bertz CT molecular complexity index is 585. The smallest absolute Gasteiger partial charge is 0.240 e. The van der Waals surface area contributed by atoms with Crippen LogP contribution in [0.1, 0.15) is 18.3 Å². The zero-order valence-electron chi connectivity index (χ0n) is 11.3. The van der Waals surface area contributed by atoms with Crippen molar-refractivity contribution in [1.29, 1.82) is 0 Å². The van der Waals surface area contributed by atoms with Gasteiger partial charge in [-0.3, -0.25) is 4.98 Å². The Kier molecular flexibility index (Phi) is 3.85. The number of aromatic nitrogens is 2. The lowest BCUT2D eigenvalue weighted by atomic mass is 10.2. The molecule has 100 valence electrons. The predicted molar refractivity (Wildman–Crippen MR) is 73.6 cm³/mol. The number of nitrogens with two attached hydrogens (primary N) is 1. The molecule has 19 heavy (non-hydrogen) atoms. The lowest BCUT2D eigenvalue weighted by Crippen LogP contribution is -1.99. The molecule has 0 aliphatic rings. The molecule has 0 aromatic carbocycles. The molecule has 2 aromatic rings. The van der Waals surface area contributed by atoms with Gasteiger partial charge in [0.25, 0.3) is 0 Å². The maximum absolute atomic E-state index is 5.74. The van der Waals surface area contributed by atoms with E-state index in [0.717, 1.165) is 17.8 Å². The monoisotopic (exact) mass is 259 g/mol. The molecule has 0 aliphatic heterocycles. The average molecular weight is 259 g/mol. The van der Waals surface area contributed by atoms with Crippen molar-refractivity contribution in [3.05, 3.63) is 35.7 Å². The minimum Gasteiger partial charge on any atom is -0.479 e. The Hall–Kier alpha value is -2.30. The molecule has 5 nitrogen and oxygen atoms in total. The molecule has 2 aromatic heterocycles. The molecular weight excluding hydrogens is 242 g/mol. The summed E-state index contributed by atoms with van der Waals surface area (Å²) < 4.78 is 10.8. The van der Waals surface area contributed by atoms with Gasteiger partial charge in [0, 0.05) is 11.8 Å². The van der Waals surface area contributed by atoms with Crippen LogP contribution in [0.5, 0.6) is 17.5 Å². The van der Waals surface area contributed by atoms with E-state index in [4.69, 9.17) is 15.2 Å². The molecule has 2 N–H and O–H groups in total. The minimum absolute atomic E-state index is 0.357. The maximum Gasteiger partial charge on any atom is 0.240 e. The summed E-state index contributed by atoms with van der Waals surface area (Å²) in [6.45, 7) is 3.99. The highest BCUT2D eigenvalue weighted by Crippen LogP contribution is 2.27. The first kappa shape index (κ1) is 13.1. The average Bonchev–Trinajstić information content (AvgIpc) is 2.42. The number of ether oxygens (including phenoxy) is 2. The van der Waals surface area contributed by atoms with Gasteiger partial charge < -0.3 is 15.2 Å². The highest BCUT2D eigenvalue weighted by molar-refractivity contribution is 5.49. The summed E-state index contributed by atoms with van der Waals surface area (Å²) in [5.41, 5.74) is 8.06. The van der Waals surface area contributed by atoms with Crippen molar-refractivity contribution in [2.75, 3.05) is 12.8 Å². The van der Waals surface area contributed by atoms with Crippen molar-refractivity contribution in [2.45, 2.75) is 20.3 Å². The second kappa shape index (κ2) is 5.56. The van der Waals surface area contributed by atoms with Crippen molar-refractivity contribution in [1.82, 2.24) is 9.97 Å². The first-order valence-electron chi connectivity index (χ1n) is 6.09. The van der Waals surface area contributed by atoms with Crippen molar-refractivity contribution in [2.24, 2.45) is 0 Å². The number of nitrogens with zero attached hydrogens (tertiary/aromatic N) is 2. The topological polar surface area (TPSA) is 70.3 Å². The van der Waals surface area contributed by atoms with Crippen LogP contribution < -0.4 is 15.2 Å². The molecule has 0 fully saturated rings. The van der Waals surface area contributed by atoms with Crippen LogP contribution in [-0.4, -0.2) is 17.1 Å². The zero-order valence-corrected chi connectivity index (χ0v) is 11.3. The minimum atomic E-state index is 0.357. The van der Waals surface area contributed by atoms with Crippen LogP contribution in [0.4, 0.5) is 5.69 Å². The van der Waals surface area contributed by atoms with Crippen LogP contribution in [0, 0.1) is 6.92 Å². The summed E-state index contributed by atoms with van der Waals surface area (Å²) in [6.07, 6.45) is 0.795. The summed E-state index contributed by atoms with van der Waals surface area (Å²) in [7, 11) is 1.52. The van der Waals surface area contributed by atoms with Gasteiger partial charge in [-0.05, 0) is 31.5 Å². The van der Waals surface area contributed by atoms with Crippen LogP contribution in [0.15, 0.2) is 24.3 Å². The summed E-state index contributed by atoms with van der Waals surface area (Å²) in [5.74, 6) is 1.49. The zero-order chi connectivity index (χ0) is 13.8. The van der Waals surface area contributed by atoms with E-state index in [1.54, 1.807) is 12.1 Å². The van der Waals surface area contributed by atoms with Gasteiger partial charge in [-0.25, -0.2) is 0 Å². The van der Waals surface area contributed by atoms with Crippen molar-refractivity contribution >= 4 is 5.69 Å². The summed E-state index contributed by atoms with van der Waals surface area (Å²) in [6, 6.07) is 7.21. The normalized spacial score (nSPS) is 10.3. The lowest BCUT2D eigenvalue weighted by Gasteiger charge is -2.10. The van der Waals surface area contributed by atoms with E-state index in [9.17, 15) is 0 Å². The van der Waals surface area contributed by atoms with E-state index in [2.05, 4.69) is 9.97 Å². The van der Waals surface area contributed by atoms with E-state index < -0.39 is 0 Å². The van der Waals surface area contributed by atoms with Crippen molar-refractivity contribution < 1.29 is 9.47 Å². The number of hydrogen-bond donors (Lipinski definition) is 1. The SMILES string of the molecule is CCc1nc(C)ccc1Oc1ccc(N)c(OC)n1. The molecule has 0 unspecified atom stereocenters. The van der Waals surface area contributed by atoms with Gasteiger partial charge in [-0.1, -0.05) is 6.92 Å². The first-order valence-corrected chi connectivity index (χ1v) is 6.09. The van der Waals surface area contributed by atoms with Crippen molar-refractivity contribution in [3.63, 3.8) is 0 Å². The van der Waals surface area contributed by atoms with Gasteiger partial charge in [0.2, 0.25) is 11.8 Å². The molecule has 5 heteroatoms. The van der Waals surface area contributed by atoms with Gasteiger partial charge in [0.05, 0.1) is 18.5 Å². The Morgan fingerprint density at radius 1 is 1.16 bits per heavy atom. The molecule has 2 rings (SSSR count). The fraction of sp³-hybridized carbons (Fsp3) is 0.286. The van der Waals surface area contributed by atoms with Crippen LogP contribution in [0.3, 0.4) is 0 Å². The van der Waals surface area contributed by atoms with Crippen LogP contribution in [0.2, 0.25) is 0 Å². The molecule has 0 atom stereocenters. The second-order valence-electron chi connectivity index (χ2n) is 4.10. The van der Waals surface area contributed by atoms with E-state index in [1.807, 2.05) is 26.0 Å². The van der Waals surface area contributed by atoms with Gasteiger partial charge in [-0.2, -0.15) is 4.98 Å². The molecule has 2 heterocycles. The van der Waals surface area contributed by atoms with E-state index in [0.29, 0.717) is 23.2 Å². The van der Waals surface area contributed by atoms with Gasteiger partial charge in [0.1, 0.15) is 0 Å². The molecular formula is C14H17N3O2. The summed E-state index contributed by atoms with van der Waals surface area (Å²) >= 11 is 0. The highest BCUT2D eigenvalue weighted by atomic mass is 16.5. The number of anilines is 1. The van der Waals surface area contributed by atoms with Gasteiger partial charge >= 0.3 is 0 Å². The third-order valence-corrected chi connectivity index (χ3v) is 2.68. The number of methoxy groups -OCH3 is 1. The fourth-order valence-electron chi connectivity index (χ4n) is 1.71. The summed E-state index contributed by atoms with van der Waals surface area (Å²) in [4.78, 5) is 8.63. The van der Waals surface area contributed by atoms with Crippen LogP contribution in [-0.2, 0) is 6.42 Å². The largest absolute Gasteiger partial charge is 0.479 e. The third-order valence-electron chi connectivity index (χ3n) is 2.68. The molecule has 0 bridgehead atoms.